The van der Waals surface area contributed by atoms with Gasteiger partial charge in [-0.25, -0.2) is 4.39 Å². The summed E-state index contributed by atoms with van der Waals surface area (Å²) in [6, 6.07) is 14.4. The Morgan fingerprint density at radius 1 is 1.10 bits per heavy atom. The number of halogens is 1. The fourth-order valence-corrected chi connectivity index (χ4v) is 2.01. The first kappa shape index (κ1) is 15.0. The lowest BCUT2D eigenvalue weighted by Crippen LogP contribution is -2.25. The normalized spacial score (nSPS) is 10.2. The number of carbonyl (C=O) groups excluding carboxylic acids is 1. The topological polar surface area (TPSA) is 41.1 Å². The molecule has 2 N–H and O–H groups in total. The van der Waals surface area contributed by atoms with Crippen molar-refractivity contribution in [1.29, 1.82) is 0 Å². The molecule has 1 amide bonds. The fourth-order valence-electron chi connectivity index (χ4n) is 2.01. The van der Waals surface area contributed by atoms with Crippen LogP contribution in [0.25, 0.3) is 0 Å². The average molecular weight is 286 g/mol. The molecule has 0 heterocycles. The van der Waals surface area contributed by atoms with Crippen molar-refractivity contribution in [2.45, 2.75) is 19.9 Å². The minimum atomic E-state index is -0.296. The van der Waals surface area contributed by atoms with Crippen molar-refractivity contribution in [3.63, 3.8) is 0 Å². The third kappa shape index (κ3) is 4.60. The molecular weight excluding hydrogens is 267 g/mol. The van der Waals surface area contributed by atoms with Crippen molar-refractivity contribution in [3.05, 3.63) is 65.5 Å². The van der Waals surface area contributed by atoms with Crippen LogP contribution < -0.4 is 10.6 Å². The Hall–Kier alpha value is -2.36. The molecule has 21 heavy (non-hydrogen) atoms. The van der Waals surface area contributed by atoms with Gasteiger partial charge in [0.15, 0.2) is 0 Å². The van der Waals surface area contributed by atoms with Crippen molar-refractivity contribution in [1.82, 2.24) is 5.32 Å². The third-order valence-electron chi connectivity index (χ3n) is 3.25. The van der Waals surface area contributed by atoms with Crippen molar-refractivity contribution in [2.75, 3.05) is 11.9 Å². The van der Waals surface area contributed by atoms with Crippen molar-refractivity contribution in [3.8, 4) is 0 Å². The Bertz CT molecular complexity index is 613. The van der Waals surface area contributed by atoms with E-state index in [9.17, 15) is 9.18 Å². The van der Waals surface area contributed by atoms with Crippen LogP contribution in [0.3, 0.4) is 0 Å². The van der Waals surface area contributed by atoms with Gasteiger partial charge in [-0.3, -0.25) is 4.79 Å². The number of anilines is 1. The number of aryl methyl sites for hydroxylation is 1. The first-order chi connectivity index (χ1) is 10.2. The van der Waals surface area contributed by atoms with Gasteiger partial charge in [0.05, 0.1) is 0 Å². The zero-order valence-corrected chi connectivity index (χ0v) is 12.0. The Balaban J connectivity index is 1.73. The maximum Gasteiger partial charge on any atom is 0.222 e. The maximum absolute atomic E-state index is 13.4. The molecule has 0 fully saturated rings. The third-order valence-corrected chi connectivity index (χ3v) is 3.25. The summed E-state index contributed by atoms with van der Waals surface area (Å²) in [5, 5.41) is 5.94. The van der Waals surface area contributed by atoms with E-state index < -0.39 is 0 Å². The van der Waals surface area contributed by atoms with Gasteiger partial charge in [-0.05, 0) is 24.6 Å². The molecule has 0 saturated heterocycles. The summed E-state index contributed by atoms with van der Waals surface area (Å²) in [6.45, 7) is 2.78. The van der Waals surface area contributed by atoms with Crippen molar-refractivity contribution < 1.29 is 9.18 Å². The summed E-state index contributed by atoms with van der Waals surface area (Å²) >= 11 is 0. The molecule has 0 unspecified atom stereocenters. The molecule has 110 valence electrons. The van der Waals surface area contributed by atoms with Gasteiger partial charge in [-0.15, -0.1) is 0 Å². The molecule has 0 aliphatic carbocycles. The molecule has 0 radical (unpaired) electrons. The molecule has 4 heteroatoms. The lowest BCUT2D eigenvalue weighted by molar-refractivity contribution is -0.121. The Kier molecular flexibility index (Phi) is 5.32. The zero-order chi connectivity index (χ0) is 15.1. The van der Waals surface area contributed by atoms with E-state index in [4.69, 9.17) is 0 Å². The lowest BCUT2D eigenvalue weighted by Gasteiger charge is -2.10. The van der Waals surface area contributed by atoms with Gasteiger partial charge in [0.1, 0.15) is 5.82 Å². The van der Waals surface area contributed by atoms with Gasteiger partial charge in [-0.2, -0.15) is 0 Å². The summed E-state index contributed by atoms with van der Waals surface area (Å²) in [5.41, 5.74) is 2.67. The van der Waals surface area contributed by atoms with Gasteiger partial charge >= 0.3 is 0 Å². The molecule has 0 atom stereocenters. The van der Waals surface area contributed by atoms with Crippen LogP contribution in [-0.4, -0.2) is 12.5 Å². The fraction of sp³-hybridized carbons (Fsp3) is 0.235. The maximum atomic E-state index is 13.4. The summed E-state index contributed by atoms with van der Waals surface area (Å²) < 4.78 is 13.4. The highest BCUT2D eigenvalue weighted by Gasteiger charge is 2.04. The Morgan fingerprint density at radius 3 is 2.57 bits per heavy atom. The second-order valence-electron chi connectivity index (χ2n) is 4.86. The molecule has 0 bridgehead atoms. The number of para-hydroxylation sites is 1. The SMILES string of the molecule is Cc1ccccc1NCCC(=O)NCc1ccccc1F. The van der Waals surface area contributed by atoms with Crippen LogP contribution in [-0.2, 0) is 11.3 Å². The summed E-state index contributed by atoms with van der Waals surface area (Å²) in [4.78, 5) is 11.7. The standard InChI is InChI=1S/C17H19FN2O/c1-13-6-2-5-9-16(13)19-11-10-17(21)20-12-14-7-3-4-8-15(14)18/h2-9,19H,10-12H2,1H3,(H,20,21). The van der Waals surface area contributed by atoms with Gasteiger partial charge in [0.2, 0.25) is 5.91 Å². The van der Waals surface area contributed by atoms with Crippen LogP contribution in [0.1, 0.15) is 17.5 Å². The van der Waals surface area contributed by atoms with E-state index in [2.05, 4.69) is 10.6 Å². The highest BCUT2D eigenvalue weighted by atomic mass is 19.1. The van der Waals surface area contributed by atoms with Crippen LogP contribution in [0.4, 0.5) is 10.1 Å². The molecule has 0 aliphatic heterocycles. The lowest BCUT2D eigenvalue weighted by atomic mass is 10.2. The largest absolute Gasteiger partial charge is 0.384 e. The highest BCUT2D eigenvalue weighted by molar-refractivity contribution is 5.76. The van der Waals surface area contributed by atoms with Crippen LogP contribution in [0, 0.1) is 12.7 Å². The van der Waals surface area contributed by atoms with E-state index in [0.29, 0.717) is 18.5 Å². The van der Waals surface area contributed by atoms with E-state index in [-0.39, 0.29) is 18.3 Å². The van der Waals surface area contributed by atoms with E-state index in [1.807, 2.05) is 31.2 Å². The molecule has 0 aromatic heterocycles. The second kappa shape index (κ2) is 7.43. The smallest absolute Gasteiger partial charge is 0.222 e. The van der Waals surface area contributed by atoms with E-state index in [0.717, 1.165) is 11.3 Å². The van der Waals surface area contributed by atoms with Crippen molar-refractivity contribution in [2.24, 2.45) is 0 Å². The van der Waals surface area contributed by atoms with Crippen LogP contribution >= 0.6 is 0 Å². The van der Waals surface area contributed by atoms with E-state index in [1.54, 1.807) is 18.2 Å². The number of amides is 1. The van der Waals surface area contributed by atoms with Crippen LogP contribution in [0.5, 0.6) is 0 Å². The molecule has 0 aliphatic rings. The van der Waals surface area contributed by atoms with Crippen LogP contribution in [0.2, 0.25) is 0 Å². The average Bonchev–Trinajstić information content (AvgIpc) is 2.48. The molecular formula is C17H19FN2O. The molecule has 0 spiro atoms. The van der Waals surface area contributed by atoms with Gasteiger partial charge in [0, 0.05) is 30.8 Å². The summed E-state index contributed by atoms with van der Waals surface area (Å²) in [6.07, 6.45) is 0.350. The number of hydrogen-bond acceptors (Lipinski definition) is 2. The van der Waals surface area contributed by atoms with Gasteiger partial charge in [-0.1, -0.05) is 36.4 Å². The highest BCUT2D eigenvalue weighted by Crippen LogP contribution is 2.12. The number of nitrogens with one attached hydrogen (secondary N) is 2. The molecule has 3 nitrogen and oxygen atoms in total. The quantitative estimate of drug-likeness (QED) is 0.856. The zero-order valence-electron chi connectivity index (χ0n) is 12.0. The monoisotopic (exact) mass is 286 g/mol. The number of rotatable bonds is 6. The minimum Gasteiger partial charge on any atom is -0.384 e. The number of hydrogen-bond donors (Lipinski definition) is 2. The summed E-state index contributed by atoms with van der Waals surface area (Å²) in [5.74, 6) is -0.393. The second-order valence-corrected chi connectivity index (χ2v) is 4.86. The first-order valence-electron chi connectivity index (χ1n) is 6.96. The van der Waals surface area contributed by atoms with E-state index >= 15 is 0 Å². The molecule has 2 aromatic carbocycles. The minimum absolute atomic E-state index is 0.0978. The number of benzene rings is 2. The molecule has 2 aromatic rings. The molecule has 2 rings (SSSR count). The van der Waals surface area contributed by atoms with Crippen molar-refractivity contribution >= 4 is 11.6 Å². The number of carbonyl (C=O) groups is 1. The Morgan fingerprint density at radius 2 is 1.81 bits per heavy atom. The molecule has 0 saturated carbocycles. The predicted octanol–water partition coefficient (Wildman–Crippen LogP) is 3.25. The van der Waals surface area contributed by atoms with Gasteiger partial charge in [0.25, 0.3) is 0 Å². The van der Waals surface area contributed by atoms with E-state index in [1.165, 1.54) is 6.07 Å². The predicted molar refractivity (Wildman–Crippen MR) is 82.5 cm³/mol. The van der Waals surface area contributed by atoms with Gasteiger partial charge < -0.3 is 10.6 Å². The first-order valence-corrected chi connectivity index (χ1v) is 6.96. The summed E-state index contributed by atoms with van der Waals surface area (Å²) in [7, 11) is 0. The van der Waals surface area contributed by atoms with Crippen LogP contribution in [0.15, 0.2) is 48.5 Å². The Labute approximate surface area is 124 Å².